The molecule has 7 heteroatoms. The maximum absolute atomic E-state index is 12.5. The van der Waals surface area contributed by atoms with Crippen molar-refractivity contribution in [2.24, 2.45) is 0 Å². The van der Waals surface area contributed by atoms with Crippen LogP contribution in [0.25, 0.3) is 0 Å². The number of thiazole rings is 1. The Labute approximate surface area is 149 Å². The van der Waals surface area contributed by atoms with E-state index in [0.717, 1.165) is 36.5 Å². The predicted molar refractivity (Wildman–Crippen MR) is 97.3 cm³/mol. The van der Waals surface area contributed by atoms with E-state index in [1.54, 1.807) is 29.7 Å². The molecule has 0 spiro atoms. The Morgan fingerprint density at radius 3 is 3.08 bits per heavy atom. The van der Waals surface area contributed by atoms with E-state index in [1.165, 1.54) is 17.7 Å². The minimum Gasteiger partial charge on any atom is -0.473 e. The van der Waals surface area contributed by atoms with Crippen LogP contribution in [0.2, 0.25) is 0 Å². The zero-order chi connectivity index (χ0) is 16.4. The van der Waals surface area contributed by atoms with Gasteiger partial charge in [-0.1, -0.05) is 0 Å². The first-order valence-corrected chi connectivity index (χ1v) is 10.3. The normalized spacial score (nSPS) is 19.8. The molecule has 0 radical (unpaired) electrons. The summed E-state index contributed by atoms with van der Waals surface area (Å²) in [4.78, 5) is 22.6. The predicted octanol–water partition coefficient (Wildman–Crippen LogP) is 3.55. The monoisotopic (exact) mass is 361 g/mol. The summed E-state index contributed by atoms with van der Waals surface area (Å²) >= 11 is 3.48. The molecule has 0 saturated carbocycles. The number of rotatable bonds is 4. The van der Waals surface area contributed by atoms with Gasteiger partial charge in [0.25, 0.3) is 5.91 Å². The van der Waals surface area contributed by atoms with Crippen molar-refractivity contribution < 1.29 is 9.53 Å². The van der Waals surface area contributed by atoms with E-state index in [9.17, 15) is 4.79 Å². The lowest BCUT2D eigenvalue weighted by Gasteiger charge is -2.11. The average Bonchev–Trinajstić information content (AvgIpc) is 3.24. The van der Waals surface area contributed by atoms with Gasteiger partial charge in [0.2, 0.25) is 5.88 Å². The molecule has 1 fully saturated rings. The van der Waals surface area contributed by atoms with E-state index in [4.69, 9.17) is 4.74 Å². The van der Waals surface area contributed by atoms with Gasteiger partial charge >= 0.3 is 0 Å². The summed E-state index contributed by atoms with van der Waals surface area (Å²) in [5, 5.41) is 3.61. The Morgan fingerprint density at radius 2 is 2.25 bits per heavy atom. The van der Waals surface area contributed by atoms with Crippen LogP contribution in [-0.2, 0) is 12.8 Å². The van der Waals surface area contributed by atoms with Crippen LogP contribution in [0, 0.1) is 0 Å². The SMILES string of the molecule is O=C(Nc1nc2c(s1)CCCC2)c1ccnc(OC2CCSC2)c1. The van der Waals surface area contributed by atoms with E-state index in [2.05, 4.69) is 15.3 Å². The Balaban J connectivity index is 1.44. The Bertz CT molecular complexity index is 718. The molecule has 1 N–H and O–H groups in total. The fourth-order valence-electron chi connectivity index (χ4n) is 2.97. The van der Waals surface area contributed by atoms with Crippen molar-refractivity contribution in [3.8, 4) is 5.88 Å². The summed E-state index contributed by atoms with van der Waals surface area (Å²) < 4.78 is 5.86. The minimum absolute atomic E-state index is 0.158. The number of ether oxygens (including phenoxy) is 1. The minimum atomic E-state index is -0.158. The van der Waals surface area contributed by atoms with Crippen molar-refractivity contribution in [2.45, 2.75) is 38.2 Å². The molecule has 4 rings (SSSR count). The van der Waals surface area contributed by atoms with Gasteiger partial charge in [-0.05, 0) is 43.9 Å². The number of nitrogens with zero attached hydrogens (tertiary/aromatic N) is 2. The number of pyridine rings is 1. The smallest absolute Gasteiger partial charge is 0.257 e. The number of carbonyl (C=O) groups excluding carboxylic acids is 1. The molecule has 1 aliphatic heterocycles. The molecule has 1 atom stereocenters. The van der Waals surface area contributed by atoms with Gasteiger partial charge in [0.05, 0.1) is 5.69 Å². The molecular formula is C17H19N3O2S2. The molecule has 126 valence electrons. The van der Waals surface area contributed by atoms with Crippen molar-refractivity contribution in [2.75, 3.05) is 16.8 Å². The molecule has 2 aliphatic rings. The molecule has 3 heterocycles. The highest BCUT2D eigenvalue weighted by Crippen LogP contribution is 2.30. The molecule has 1 aliphatic carbocycles. The standard InChI is InChI=1S/C17H19N3O2S2/c21-16(20-17-19-13-3-1-2-4-14(13)24-17)11-5-7-18-15(9-11)22-12-6-8-23-10-12/h5,7,9,12H,1-4,6,8,10H2,(H,19,20,21). The number of aryl methyl sites for hydroxylation is 2. The van der Waals surface area contributed by atoms with Crippen molar-refractivity contribution >= 4 is 34.1 Å². The highest BCUT2D eigenvalue weighted by molar-refractivity contribution is 7.99. The number of amides is 1. The molecule has 2 aromatic heterocycles. The molecular weight excluding hydrogens is 342 g/mol. The van der Waals surface area contributed by atoms with Crippen LogP contribution in [0.5, 0.6) is 5.88 Å². The number of fused-ring (bicyclic) bond motifs is 1. The van der Waals surface area contributed by atoms with E-state index in [-0.39, 0.29) is 12.0 Å². The Hall–Kier alpha value is -1.60. The second-order valence-corrected chi connectivity index (χ2v) is 8.27. The Morgan fingerprint density at radius 1 is 1.33 bits per heavy atom. The van der Waals surface area contributed by atoms with E-state index < -0.39 is 0 Å². The van der Waals surface area contributed by atoms with Crippen molar-refractivity contribution in [3.05, 3.63) is 34.5 Å². The van der Waals surface area contributed by atoms with Crippen molar-refractivity contribution in [1.29, 1.82) is 0 Å². The third-order valence-electron chi connectivity index (χ3n) is 4.24. The number of carbonyl (C=O) groups is 1. The highest BCUT2D eigenvalue weighted by atomic mass is 32.2. The number of aromatic nitrogens is 2. The molecule has 1 unspecified atom stereocenters. The lowest BCUT2D eigenvalue weighted by Crippen LogP contribution is -2.17. The molecule has 24 heavy (non-hydrogen) atoms. The molecule has 0 aromatic carbocycles. The van der Waals surface area contributed by atoms with Gasteiger partial charge < -0.3 is 4.74 Å². The van der Waals surface area contributed by atoms with Crippen LogP contribution in [-0.4, -0.2) is 33.5 Å². The molecule has 2 aromatic rings. The molecule has 1 amide bonds. The number of thioether (sulfide) groups is 1. The fraction of sp³-hybridized carbons (Fsp3) is 0.471. The summed E-state index contributed by atoms with van der Waals surface area (Å²) in [6.45, 7) is 0. The molecule has 1 saturated heterocycles. The van der Waals surface area contributed by atoms with Crippen molar-refractivity contribution in [3.63, 3.8) is 0 Å². The van der Waals surface area contributed by atoms with Crippen LogP contribution in [0.1, 0.15) is 40.2 Å². The lowest BCUT2D eigenvalue weighted by atomic mass is 10.0. The van der Waals surface area contributed by atoms with Gasteiger partial charge in [0, 0.05) is 28.5 Å². The maximum Gasteiger partial charge on any atom is 0.257 e. The summed E-state index contributed by atoms with van der Waals surface area (Å²) in [6.07, 6.45) is 7.37. The average molecular weight is 361 g/mol. The van der Waals surface area contributed by atoms with Crippen LogP contribution in [0.15, 0.2) is 18.3 Å². The maximum atomic E-state index is 12.5. The zero-order valence-electron chi connectivity index (χ0n) is 13.3. The first-order valence-electron chi connectivity index (χ1n) is 8.28. The number of hydrogen-bond donors (Lipinski definition) is 1. The first kappa shape index (κ1) is 15.9. The lowest BCUT2D eigenvalue weighted by molar-refractivity contribution is 0.102. The zero-order valence-corrected chi connectivity index (χ0v) is 14.9. The van der Waals surface area contributed by atoms with Crippen LogP contribution < -0.4 is 10.1 Å². The third kappa shape index (κ3) is 3.57. The quantitative estimate of drug-likeness (QED) is 0.902. The van der Waals surface area contributed by atoms with Gasteiger partial charge in [-0.2, -0.15) is 11.8 Å². The van der Waals surface area contributed by atoms with E-state index in [1.807, 2.05) is 11.8 Å². The topological polar surface area (TPSA) is 64.1 Å². The van der Waals surface area contributed by atoms with Gasteiger partial charge in [-0.15, -0.1) is 11.3 Å². The van der Waals surface area contributed by atoms with Gasteiger partial charge in [-0.3, -0.25) is 10.1 Å². The van der Waals surface area contributed by atoms with Crippen LogP contribution in [0.4, 0.5) is 5.13 Å². The first-order chi connectivity index (χ1) is 11.8. The third-order valence-corrected chi connectivity index (χ3v) is 6.44. The second-order valence-electron chi connectivity index (χ2n) is 6.04. The van der Waals surface area contributed by atoms with Crippen LogP contribution in [0.3, 0.4) is 0 Å². The summed E-state index contributed by atoms with van der Waals surface area (Å²) in [7, 11) is 0. The summed E-state index contributed by atoms with van der Waals surface area (Å²) in [5.74, 6) is 2.48. The van der Waals surface area contributed by atoms with E-state index in [0.29, 0.717) is 16.6 Å². The molecule has 0 bridgehead atoms. The number of nitrogens with one attached hydrogen (secondary N) is 1. The molecule has 5 nitrogen and oxygen atoms in total. The van der Waals surface area contributed by atoms with Gasteiger partial charge in [0.1, 0.15) is 6.10 Å². The number of hydrogen-bond acceptors (Lipinski definition) is 6. The van der Waals surface area contributed by atoms with Crippen LogP contribution >= 0.6 is 23.1 Å². The van der Waals surface area contributed by atoms with Gasteiger partial charge in [0.15, 0.2) is 5.13 Å². The highest BCUT2D eigenvalue weighted by Gasteiger charge is 2.19. The van der Waals surface area contributed by atoms with Crippen molar-refractivity contribution in [1.82, 2.24) is 9.97 Å². The largest absolute Gasteiger partial charge is 0.473 e. The summed E-state index contributed by atoms with van der Waals surface area (Å²) in [6, 6.07) is 3.42. The summed E-state index contributed by atoms with van der Waals surface area (Å²) in [5.41, 5.74) is 1.71. The fourth-order valence-corrected chi connectivity index (χ4v) is 5.11. The second kappa shape index (κ2) is 7.11. The van der Waals surface area contributed by atoms with E-state index >= 15 is 0 Å². The van der Waals surface area contributed by atoms with Gasteiger partial charge in [-0.25, -0.2) is 9.97 Å². The number of anilines is 1. The Kier molecular flexibility index (Phi) is 4.71.